The predicted molar refractivity (Wildman–Crippen MR) is 105 cm³/mol. The summed E-state index contributed by atoms with van der Waals surface area (Å²) in [6.07, 6.45) is 3.46. The first-order valence-electron chi connectivity index (χ1n) is 9.37. The Morgan fingerprint density at radius 1 is 1.41 bits per heavy atom. The van der Waals surface area contributed by atoms with E-state index in [9.17, 15) is 9.59 Å². The Balaban J connectivity index is 1.43. The fourth-order valence-corrected chi connectivity index (χ4v) is 4.91. The molecule has 2 fully saturated rings. The highest BCUT2D eigenvalue weighted by Gasteiger charge is 2.59. The van der Waals surface area contributed by atoms with Crippen LogP contribution in [0.3, 0.4) is 0 Å². The van der Waals surface area contributed by atoms with Gasteiger partial charge in [-0.1, -0.05) is 32.4 Å². The van der Waals surface area contributed by atoms with E-state index in [1.807, 2.05) is 0 Å². The van der Waals surface area contributed by atoms with Crippen LogP contribution in [0.1, 0.15) is 46.5 Å². The molecule has 1 amide bonds. The number of amides is 1. The summed E-state index contributed by atoms with van der Waals surface area (Å²) in [5, 5.41) is 4.96. The van der Waals surface area contributed by atoms with Crippen LogP contribution in [0.4, 0.5) is 0 Å². The molecule has 0 radical (unpaired) electrons. The van der Waals surface area contributed by atoms with Gasteiger partial charge in [0.1, 0.15) is 0 Å². The van der Waals surface area contributed by atoms with Gasteiger partial charge in [-0.2, -0.15) is 5.10 Å². The van der Waals surface area contributed by atoms with Gasteiger partial charge in [-0.05, 0) is 42.7 Å². The van der Waals surface area contributed by atoms with E-state index in [1.54, 1.807) is 18.2 Å². The molecule has 0 unspecified atom stereocenters. The van der Waals surface area contributed by atoms with Gasteiger partial charge in [0, 0.05) is 35.2 Å². The number of benzene rings is 1. The zero-order chi connectivity index (χ0) is 19.4. The fraction of sp³-hybridized carbons (Fsp3) is 0.550. The zero-order valence-corrected chi connectivity index (χ0v) is 16.6. The van der Waals surface area contributed by atoms with Crippen molar-refractivity contribution in [2.45, 2.75) is 53.0 Å². The topological polar surface area (TPSA) is 76.6 Å². The minimum Gasteiger partial charge on any atom is -0.408 e. The number of carbonyl (C=O) groups excluding carboxylic acids is 1. The van der Waals surface area contributed by atoms with E-state index < -0.39 is 5.76 Å². The Morgan fingerprint density at radius 3 is 2.85 bits per heavy atom. The lowest BCUT2D eigenvalue weighted by Crippen LogP contribution is -2.34. The number of carbonyl (C=O) groups is 1. The molecule has 0 saturated heterocycles. The van der Waals surface area contributed by atoms with E-state index in [-0.39, 0.29) is 29.7 Å². The highest BCUT2D eigenvalue weighted by atomic mass is 35.5. The number of aryl methyl sites for hydroxylation is 1. The maximum absolute atomic E-state index is 12.3. The number of hydrogen-bond acceptors (Lipinski definition) is 4. The number of halogens is 1. The standard InChI is InChI=1S/C20H24ClN3O3/c1-19(2)12-6-8-20(19,3)16(10-12)22-23-17(25)7-9-24-14-5-4-13(21)11-15(14)27-18(24)26/h4-5,11-12H,6-10H2,1-3H3,(H,23,25)/b22-16+/t12-,20-/m1/s1. The van der Waals surface area contributed by atoms with Crippen LogP contribution >= 0.6 is 11.6 Å². The molecular formula is C20H24ClN3O3. The zero-order valence-electron chi connectivity index (χ0n) is 15.8. The summed E-state index contributed by atoms with van der Waals surface area (Å²) in [4.78, 5) is 24.3. The van der Waals surface area contributed by atoms with E-state index in [0.717, 1.165) is 18.6 Å². The lowest BCUT2D eigenvalue weighted by Gasteiger charge is -2.34. The first-order valence-corrected chi connectivity index (χ1v) is 9.75. The second-order valence-electron chi connectivity index (χ2n) is 8.47. The van der Waals surface area contributed by atoms with Crippen LogP contribution in [0.25, 0.3) is 11.1 Å². The van der Waals surface area contributed by atoms with Crippen LogP contribution in [-0.2, 0) is 11.3 Å². The average Bonchev–Trinajstić information content (AvgIpc) is 3.10. The molecule has 2 saturated carbocycles. The third-order valence-corrected chi connectivity index (χ3v) is 7.26. The van der Waals surface area contributed by atoms with E-state index in [4.69, 9.17) is 16.0 Å². The van der Waals surface area contributed by atoms with Gasteiger partial charge in [-0.3, -0.25) is 9.36 Å². The van der Waals surface area contributed by atoms with Gasteiger partial charge < -0.3 is 4.42 Å². The maximum atomic E-state index is 12.3. The number of hydrogen-bond donors (Lipinski definition) is 1. The summed E-state index contributed by atoms with van der Waals surface area (Å²) in [5.74, 6) is -0.0588. The molecule has 2 bridgehead atoms. The van der Waals surface area contributed by atoms with E-state index in [0.29, 0.717) is 22.0 Å². The van der Waals surface area contributed by atoms with Crippen LogP contribution < -0.4 is 11.2 Å². The molecule has 27 heavy (non-hydrogen) atoms. The van der Waals surface area contributed by atoms with Gasteiger partial charge in [0.05, 0.1) is 5.52 Å². The molecule has 2 atom stereocenters. The number of nitrogens with one attached hydrogen (secondary N) is 1. The molecule has 0 aliphatic heterocycles. The molecule has 4 rings (SSSR count). The van der Waals surface area contributed by atoms with Crippen molar-refractivity contribution in [3.63, 3.8) is 0 Å². The molecule has 0 spiro atoms. The molecule has 6 nitrogen and oxygen atoms in total. The van der Waals surface area contributed by atoms with E-state index >= 15 is 0 Å². The Labute approximate surface area is 162 Å². The molecule has 2 aromatic rings. The van der Waals surface area contributed by atoms with Gasteiger partial charge in [-0.15, -0.1) is 0 Å². The maximum Gasteiger partial charge on any atom is 0.419 e. The van der Waals surface area contributed by atoms with Crippen LogP contribution in [0.15, 0.2) is 32.5 Å². The number of nitrogens with zero attached hydrogens (tertiary/aromatic N) is 2. The normalized spacial score (nSPS) is 27.6. The van der Waals surface area contributed by atoms with Crippen molar-refractivity contribution in [2.24, 2.45) is 21.8 Å². The van der Waals surface area contributed by atoms with E-state index in [2.05, 4.69) is 31.3 Å². The minimum atomic E-state index is -0.492. The van der Waals surface area contributed by atoms with Crippen molar-refractivity contribution in [3.05, 3.63) is 33.8 Å². The smallest absolute Gasteiger partial charge is 0.408 e. The number of aromatic nitrogens is 1. The van der Waals surface area contributed by atoms with Crippen molar-refractivity contribution in [2.75, 3.05) is 0 Å². The summed E-state index contributed by atoms with van der Waals surface area (Å²) < 4.78 is 6.63. The Hall–Kier alpha value is -2.08. The summed E-state index contributed by atoms with van der Waals surface area (Å²) in [7, 11) is 0. The van der Waals surface area contributed by atoms with Gasteiger partial charge in [0.15, 0.2) is 5.58 Å². The summed E-state index contributed by atoms with van der Waals surface area (Å²) in [6, 6.07) is 5.01. The van der Waals surface area contributed by atoms with Crippen LogP contribution in [0.2, 0.25) is 5.02 Å². The Morgan fingerprint density at radius 2 is 2.19 bits per heavy atom. The van der Waals surface area contributed by atoms with Crippen molar-refractivity contribution in [1.82, 2.24) is 9.99 Å². The Bertz CT molecular complexity index is 1000. The first-order chi connectivity index (χ1) is 12.7. The summed E-state index contributed by atoms with van der Waals surface area (Å²) >= 11 is 5.92. The highest BCUT2D eigenvalue weighted by molar-refractivity contribution is 6.31. The molecule has 7 heteroatoms. The quantitative estimate of drug-likeness (QED) is 0.804. The molecule has 2 aliphatic carbocycles. The summed E-state index contributed by atoms with van der Waals surface area (Å²) in [5.41, 5.74) is 5.12. The van der Waals surface area contributed by atoms with Crippen molar-refractivity contribution in [3.8, 4) is 0 Å². The molecule has 1 N–H and O–H groups in total. The van der Waals surface area contributed by atoms with Crippen LogP contribution in [0, 0.1) is 16.7 Å². The average molecular weight is 390 g/mol. The largest absolute Gasteiger partial charge is 0.419 e. The van der Waals surface area contributed by atoms with Crippen LogP contribution in [0.5, 0.6) is 0 Å². The number of hydrazone groups is 1. The molecule has 144 valence electrons. The van der Waals surface area contributed by atoms with Crippen LogP contribution in [-0.4, -0.2) is 16.2 Å². The SMILES string of the molecule is CC1(C)[C@@H]2CC[C@]1(C)/C(=N/NC(=O)CCn1c(=O)oc3cc(Cl)ccc31)C2. The van der Waals surface area contributed by atoms with Crippen molar-refractivity contribution in [1.29, 1.82) is 0 Å². The van der Waals surface area contributed by atoms with Gasteiger partial charge in [0.2, 0.25) is 5.91 Å². The van der Waals surface area contributed by atoms with E-state index in [1.165, 1.54) is 11.0 Å². The van der Waals surface area contributed by atoms with Crippen molar-refractivity contribution < 1.29 is 9.21 Å². The van der Waals surface area contributed by atoms with Gasteiger partial charge in [0.25, 0.3) is 0 Å². The molecular weight excluding hydrogens is 366 g/mol. The Kier molecular flexibility index (Phi) is 4.22. The number of fused-ring (bicyclic) bond motifs is 3. The predicted octanol–water partition coefficient (Wildman–Crippen LogP) is 3.96. The third kappa shape index (κ3) is 2.81. The monoisotopic (exact) mass is 389 g/mol. The highest BCUT2D eigenvalue weighted by Crippen LogP contribution is 2.63. The molecule has 2 aliphatic rings. The van der Waals surface area contributed by atoms with Gasteiger partial charge in [-0.25, -0.2) is 10.2 Å². The summed E-state index contributed by atoms with van der Waals surface area (Å²) in [6.45, 7) is 7.10. The lowest BCUT2D eigenvalue weighted by atomic mass is 9.70. The molecule has 1 aromatic carbocycles. The van der Waals surface area contributed by atoms with Gasteiger partial charge >= 0.3 is 5.76 Å². The number of oxazole rings is 1. The molecule has 1 heterocycles. The minimum absolute atomic E-state index is 0.0575. The second-order valence-corrected chi connectivity index (χ2v) is 8.91. The number of rotatable bonds is 4. The third-order valence-electron chi connectivity index (χ3n) is 7.02. The second kappa shape index (κ2) is 6.23. The molecule has 1 aromatic heterocycles. The fourth-order valence-electron chi connectivity index (χ4n) is 4.75. The lowest BCUT2D eigenvalue weighted by molar-refractivity contribution is -0.121. The van der Waals surface area contributed by atoms with Crippen molar-refractivity contribution >= 4 is 34.3 Å². The first kappa shape index (κ1) is 18.3.